The molecule has 15 heavy (non-hydrogen) atoms. The summed E-state index contributed by atoms with van der Waals surface area (Å²) in [5, 5.41) is 8.00. The number of anilines is 1. The van der Waals surface area contributed by atoms with Crippen LogP contribution in [0.5, 0.6) is 0 Å². The van der Waals surface area contributed by atoms with Crippen molar-refractivity contribution in [2.45, 2.75) is 32.2 Å². The Morgan fingerprint density at radius 1 is 1.53 bits per heavy atom. The average Bonchev–Trinajstić information content (AvgIpc) is 2.29. The fraction of sp³-hybridized carbons (Fsp3) is 0.545. The van der Waals surface area contributed by atoms with Crippen LogP contribution in [0, 0.1) is 6.92 Å². The monoisotopic (exact) mass is 205 g/mol. The Balaban J connectivity index is 2.23. The second-order valence-electron chi connectivity index (χ2n) is 3.98. The van der Waals surface area contributed by atoms with Gasteiger partial charge in [-0.3, -0.25) is 0 Å². The maximum atomic E-state index is 10.9. The number of aromatic nitrogens is 2. The number of nitrogens with zero attached hydrogens (tertiary/aromatic N) is 3. The largest absolute Gasteiger partial charge is 0.345 e. The van der Waals surface area contributed by atoms with Gasteiger partial charge in [0.1, 0.15) is 6.29 Å². The molecule has 1 aliphatic heterocycles. The molecule has 0 radical (unpaired) electrons. The van der Waals surface area contributed by atoms with Crippen molar-refractivity contribution in [2.75, 3.05) is 11.4 Å². The van der Waals surface area contributed by atoms with Crippen LogP contribution < -0.4 is 4.90 Å². The molecule has 4 nitrogen and oxygen atoms in total. The van der Waals surface area contributed by atoms with Gasteiger partial charge >= 0.3 is 0 Å². The molecule has 0 amide bonds. The summed E-state index contributed by atoms with van der Waals surface area (Å²) in [4.78, 5) is 13.0. The molecule has 0 saturated carbocycles. The third kappa shape index (κ3) is 2.14. The molecule has 0 aromatic carbocycles. The molecule has 4 heteroatoms. The molecule has 0 aliphatic carbocycles. The fourth-order valence-corrected chi connectivity index (χ4v) is 1.97. The summed E-state index contributed by atoms with van der Waals surface area (Å²) in [5.74, 6) is 0.826. The van der Waals surface area contributed by atoms with E-state index in [2.05, 4.69) is 15.1 Å². The lowest BCUT2D eigenvalue weighted by atomic mass is 10.0. The molecule has 0 bridgehead atoms. The zero-order valence-electron chi connectivity index (χ0n) is 8.89. The molecule has 1 aliphatic rings. The zero-order valence-corrected chi connectivity index (χ0v) is 8.89. The van der Waals surface area contributed by atoms with Crippen molar-refractivity contribution in [1.82, 2.24) is 10.2 Å². The molecule has 2 rings (SSSR count). The van der Waals surface area contributed by atoms with Crippen molar-refractivity contribution in [3.8, 4) is 0 Å². The summed E-state index contributed by atoms with van der Waals surface area (Å²) in [6.07, 6.45) is 5.92. The Bertz CT molecular complexity index is 353. The lowest BCUT2D eigenvalue weighted by molar-refractivity contribution is -0.109. The van der Waals surface area contributed by atoms with E-state index in [9.17, 15) is 4.79 Å². The van der Waals surface area contributed by atoms with Gasteiger partial charge in [0, 0.05) is 6.54 Å². The van der Waals surface area contributed by atoms with E-state index in [1.807, 2.05) is 13.0 Å². The van der Waals surface area contributed by atoms with Crippen molar-refractivity contribution in [1.29, 1.82) is 0 Å². The Labute approximate surface area is 89.3 Å². The topological polar surface area (TPSA) is 46.1 Å². The Kier molecular flexibility index (Phi) is 2.94. The van der Waals surface area contributed by atoms with Crippen LogP contribution in [0.25, 0.3) is 0 Å². The predicted octanol–water partition coefficient (Wildman–Crippen LogP) is 1.34. The summed E-state index contributed by atoms with van der Waals surface area (Å²) in [6, 6.07) is 1.96. The molecule has 2 heterocycles. The zero-order chi connectivity index (χ0) is 10.7. The van der Waals surface area contributed by atoms with Gasteiger partial charge in [-0.15, -0.1) is 5.10 Å². The van der Waals surface area contributed by atoms with Crippen LogP contribution in [0.2, 0.25) is 0 Å². The molecule has 1 saturated heterocycles. The van der Waals surface area contributed by atoms with Crippen LogP contribution in [-0.2, 0) is 4.79 Å². The highest BCUT2D eigenvalue weighted by molar-refractivity contribution is 5.65. The second kappa shape index (κ2) is 4.38. The van der Waals surface area contributed by atoms with Crippen LogP contribution in [0.3, 0.4) is 0 Å². The number of carbonyl (C=O) groups excluding carboxylic acids is 1. The van der Waals surface area contributed by atoms with Gasteiger partial charge in [0.05, 0.1) is 12.2 Å². The molecular formula is C11H15N3O. The highest BCUT2D eigenvalue weighted by Gasteiger charge is 2.23. The number of piperidine rings is 1. The van der Waals surface area contributed by atoms with E-state index in [4.69, 9.17) is 0 Å². The first-order chi connectivity index (χ1) is 7.31. The predicted molar refractivity (Wildman–Crippen MR) is 57.8 cm³/mol. The van der Waals surface area contributed by atoms with E-state index in [1.54, 1.807) is 6.20 Å². The first-order valence-corrected chi connectivity index (χ1v) is 5.32. The molecule has 0 N–H and O–H groups in total. The summed E-state index contributed by atoms with van der Waals surface area (Å²) < 4.78 is 0. The fourth-order valence-electron chi connectivity index (χ4n) is 1.97. The number of carbonyl (C=O) groups is 1. The van der Waals surface area contributed by atoms with Gasteiger partial charge < -0.3 is 9.69 Å². The summed E-state index contributed by atoms with van der Waals surface area (Å²) in [7, 11) is 0. The Hall–Kier alpha value is -1.45. The molecule has 1 unspecified atom stereocenters. The van der Waals surface area contributed by atoms with E-state index in [0.29, 0.717) is 0 Å². The van der Waals surface area contributed by atoms with E-state index < -0.39 is 0 Å². The molecule has 0 spiro atoms. The first-order valence-electron chi connectivity index (χ1n) is 5.32. The molecule has 1 fully saturated rings. The van der Waals surface area contributed by atoms with Crippen molar-refractivity contribution in [3.05, 3.63) is 17.8 Å². The van der Waals surface area contributed by atoms with Crippen LogP contribution in [0.1, 0.15) is 24.8 Å². The van der Waals surface area contributed by atoms with Crippen LogP contribution in [-0.4, -0.2) is 29.1 Å². The summed E-state index contributed by atoms with van der Waals surface area (Å²) in [6.45, 7) is 2.89. The lowest BCUT2D eigenvalue weighted by Gasteiger charge is -2.32. The van der Waals surface area contributed by atoms with E-state index in [-0.39, 0.29) is 6.04 Å². The molecular weight excluding hydrogens is 190 g/mol. The van der Waals surface area contributed by atoms with Crippen molar-refractivity contribution in [2.24, 2.45) is 0 Å². The highest BCUT2D eigenvalue weighted by Crippen LogP contribution is 2.21. The summed E-state index contributed by atoms with van der Waals surface area (Å²) >= 11 is 0. The molecule has 1 aromatic heterocycles. The van der Waals surface area contributed by atoms with Gasteiger partial charge in [-0.2, -0.15) is 5.10 Å². The third-order valence-corrected chi connectivity index (χ3v) is 2.78. The number of aryl methyl sites for hydroxylation is 1. The van der Waals surface area contributed by atoms with Gasteiger partial charge in [0.15, 0.2) is 5.82 Å². The van der Waals surface area contributed by atoms with Crippen LogP contribution >= 0.6 is 0 Å². The SMILES string of the molecule is Cc1cnnc(N2CCCCC2C=O)c1. The summed E-state index contributed by atoms with van der Waals surface area (Å²) in [5.41, 5.74) is 1.08. The Morgan fingerprint density at radius 3 is 3.13 bits per heavy atom. The molecule has 1 aromatic rings. The molecule has 1 atom stereocenters. The van der Waals surface area contributed by atoms with Crippen LogP contribution in [0.4, 0.5) is 5.82 Å². The average molecular weight is 205 g/mol. The van der Waals surface area contributed by atoms with Gasteiger partial charge in [-0.05, 0) is 37.8 Å². The Morgan fingerprint density at radius 2 is 2.40 bits per heavy atom. The maximum absolute atomic E-state index is 10.9. The van der Waals surface area contributed by atoms with E-state index in [0.717, 1.165) is 43.5 Å². The minimum atomic E-state index is -0.0187. The number of rotatable bonds is 2. The number of aldehydes is 1. The quantitative estimate of drug-likeness (QED) is 0.683. The second-order valence-corrected chi connectivity index (χ2v) is 3.98. The molecule has 80 valence electrons. The van der Waals surface area contributed by atoms with Gasteiger partial charge in [0.25, 0.3) is 0 Å². The number of hydrogen-bond acceptors (Lipinski definition) is 4. The first kappa shape index (κ1) is 10.1. The van der Waals surface area contributed by atoms with E-state index in [1.165, 1.54) is 0 Å². The third-order valence-electron chi connectivity index (χ3n) is 2.78. The van der Waals surface area contributed by atoms with Crippen LogP contribution in [0.15, 0.2) is 12.3 Å². The van der Waals surface area contributed by atoms with Crippen molar-refractivity contribution in [3.63, 3.8) is 0 Å². The number of hydrogen-bond donors (Lipinski definition) is 0. The lowest BCUT2D eigenvalue weighted by Crippen LogP contribution is -2.41. The normalized spacial score (nSPS) is 21.4. The standard InChI is InChI=1S/C11H15N3O/c1-9-6-11(13-12-7-9)14-5-3-2-4-10(14)8-15/h6-8,10H,2-5H2,1H3. The van der Waals surface area contributed by atoms with Gasteiger partial charge in [-0.25, -0.2) is 0 Å². The van der Waals surface area contributed by atoms with Gasteiger partial charge in [-0.1, -0.05) is 0 Å². The minimum Gasteiger partial charge on any atom is -0.345 e. The highest BCUT2D eigenvalue weighted by atomic mass is 16.1. The maximum Gasteiger partial charge on any atom is 0.152 e. The van der Waals surface area contributed by atoms with Crippen molar-refractivity contribution < 1.29 is 4.79 Å². The van der Waals surface area contributed by atoms with Crippen molar-refractivity contribution >= 4 is 12.1 Å². The van der Waals surface area contributed by atoms with E-state index >= 15 is 0 Å². The van der Waals surface area contributed by atoms with Gasteiger partial charge in [0.2, 0.25) is 0 Å². The minimum absolute atomic E-state index is 0.0187. The smallest absolute Gasteiger partial charge is 0.152 e.